The molecule has 2 aromatic heterocycles. The van der Waals surface area contributed by atoms with Crippen LogP contribution in [-0.2, 0) is 6.54 Å². The minimum Gasteiger partial charge on any atom is -0.337 e. The third-order valence-electron chi connectivity index (χ3n) is 2.42. The van der Waals surface area contributed by atoms with Gasteiger partial charge in [0.05, 0.1) is 23.0 Å². The molecule has 0 fully saturated rings. The smallest absolute Gasteiger partial charge is 0.287 e. The van der Waals surface area contributed by atoms with Gasteiger partial charge >= 0.3 is 0 Å². The Bertz CT molecular complexity index is 572. The van der Waals surface area contributed by atoms with Crippen LogP contribution in [0.25, 0.3) is 0 Å². The fourth-order valence-electron chi connectivity index (χ4n) is 1.56. The van der Waals surface area contributed by atoms with Crippen LogP contribution in [0.15, 0.2) is 24.7 Å². The molecule has 0 unspecified atom stereocenters. The molecule has 0 aliphatic heterocycles. The molecular weight excluding hydrogens is 238 g/mol. The van der Waals surface area contributed by atoms with E-state index in [1.807, 2.05) is 0 Å². The molecule has 2 N–H and O–H groups in total. The van der Waals surface area contributed by atoms with Crippen molar-refractivity contribution in [2.75, 3.05) is 5.32 Å². The number of carbonyl (C=O) groups is 1. The lowest BCUT2D eigenvalue weighted by Crippen LogP contribution is -2.15. The highest BCUT2D eigenvalue weighted by Crippen LogP contribution is 2.17. The van der Waals surface area contributed by atoms with Gasteiger partial charge in [-0.15, -0.1) is 0 Å². The van der Waals surface area contributed by atoms with Gasteiger partial charge in [-0.25, -0.2) is 0 Å². The summed E-state index contributed by atoms with van der Waals surface area (Å²) in [4.78, 5) is 22.1. The highest BCUT2D eigenvalue weighted by Gasteiger charge is 2.18. The number of aryl methyl sites for hydroxylation is 1. The van der Waals surface area contributed by atoms with Gasteiger partial charge in [0.25, 0.3) is 11.6 Å². The molecule has 8 heteroatoms. The molecule has 0 aromatic carbocycles. The molecule has 0 radical (unpaired) electrons. The molecule has 8 nitrogen and oxygen atoms in total. The Morgan fingerprint density at radius 3 is 3.00 bits per heavy atom. The van der Waals surface area contributed by atoms with Crippen molar-refractivity contribution >= 4 is 17.3 Å². The van der Waals surface area contributed by atoms with Gasteiger partial charge < -0.3 is 9.88 Å². The summed E-state index contributed by atoms with van der Waals surface area (Å²) in [5.74, 6) is -0.411. The molecule has 0 atom stereocenters. The number of nitrogens with zero attached hydrogens (tertiary/aromatic N) is 3. The minimum atomic E-state index is -0.527. The molecule has 0 saturated carbocycles. The molecule has 0 aliphatic carbocycles. The van der Waals surface area contributed by atoms with E-state index in [2.05, 4.69) is 15.5 Å². The first-order valence-electron chi connectivity index (χ1n) is 5.26. The van der Waals surface area contributed by atoms with Gasteiger partial charge in [-0.05, 0) is 6.92 Å². The maximum atomic E-state index is 11.9. The highest BCUT2D eigenvalue weighted by molar-refractivity contribution is 6.03. The van der Waals surface area contributed by atoms with Crippen LogP contribution in [0.3, 0.4) is 0 Å². The molecule has 94 valence electrons. The summed E-state index contributed by atoms with van der Waals surface area (Å²) in [7, 11) is 0. The average Bonchev–Trinajstić information content (AvgIpc) is 2.96. The number of nitro groups is 1. The van der Waals surface area contributed by atoms with Crippen LogP contribution >= 0.6 is 0 Å². The zero-order valence-electron chi connectivity index (χ0n) is 9.58. The van der Waals surface area contributed by atoms with Crippen LogP contribution in [0.1, 0.15) is 17.4 Å². The first kappa shape index (κ1) is 11.8. The van der Waals surface area contributed by atoms with Crippen LogP contribution in [0.5, 0.6) is 0 Å². The number of carbonyl (C=O) groups excluding carboxylic acids is 1. The molecule has 0 spiro atoms. The molecule has 1 amide bonds. The lowest BCUT2D eigenvalue weighted by Gasteiger charge is -2.04. The number of rotatable bonds is 4. The van der Waals surface area contributed by atoms with Crippen molar-refractivity contribution < 1.29 is 9.72 Å². The van der Waals surface area contributed by atoms with Gasteiger partial charge in [-0.1, -0.05) is 0 Å². The van der Waals surface area contributed by atoms with Gasteiger partial charge in [0.1, 0.15) is 5.69 Å². The van der Waals surface area contributed by atoms with E-state index in [1.165, 1.54) is 29.2 Å². The second kappa shape index (κ2) is 4.70. The predicted molar refractivity (Wildman–Crippen MR) is 63.3 cm³/mol. The lowest BCUT2D eigenvalue weighted by molar-refractivity contribution is -0.384. The number of hydrogen-bond donors (Lipinski definition) is 2. The Morgan fingerprint density at radius 1 is 1.67 bits per heavy atom. The zero-order chi connectivity index (χ0) is 13.1. The Balaban J connectivity index is 2.26. The van der Waals surface area contributed by atoms with Crippen LogP contribution in [0.4, 0.5) is 11.4 Å². The van der Waals surface area contributed by atoms with Crippen molar-refractivity contribution in [3.8, 4) is 0 Å². The number of aromatic nitrogens is 3. The molecule has 0 bridgehead atoms. The molecular formula is C10H11N5O3. The third-order valence-corrected chi connectivity index (χ3v) is 2.42. The highest BCUT2D eigenvalue weighted by atomic mass is 16.6. The van der Waals surface area contributed by atoms with Crippen LogP contribution in [0.2, 0.25) is 0 Å². The largest absolute Gasteiger partial charge is 0.337 e. The van der Waals surface area contributed by atoms with E-state index in [1.54, 1.807) is 6.92 Å². The number of hydrogen-bond acceptors (Lipinski definition) is 4. The van der Waals surface area contributed by atoms with Gasteiger partial charge in [0.2, 0.25) is 0 Å². The number of amides is 1. The van der Waals surface area contributed by atoms with E-state index < -0.39 is 10.8 Å². The Hall–Kier alpha value is -2.64. The lowest BCUT2D eigenvalue weighted by atomic mass is 10.3. The molecule has 0 aliphatic rings. The molecule has 2 heterocycles. The van der Waals surface area contributed by atoms with E-state index in [0.717, 1.165) is 0 Å². The Kier molecular flexibility index (Phi) is 3.09. The zero-order valence-corrected chi connectivity index (χ0v) is 9.58. The fourth-order valence-corrected chi connectivity index (χ4v) is 1.56. The van der Waals surface area contributed by atoms with E-state index in [-0.39, 0.29) is 11.4 Å². The minimum absolute atomic E-state index is 0.103. The van der Waals surface area contributed by atoms with E-state index in [0.29, 0.717) is 12.2 Å². The molecule has 0 saturated heterocycles. The van der Waals surface area contributed by atoms with Crippen molar-refractivity contribution in [2.24, 2.45) is 0 Å². The van der Waals surface area contributed by atoms with Crippen molar-refractivity contribution in [3.05, 3.63) is 40.5 Å². The SMILES string of the molecule is CCn1cc([N+](=O)[O-])cc1C(=O)Nc1cn[nH]c1. The van der Waals surface area contributed by atoms with Gasteiger partial charge in [0.15, 0.2) is 0 Å². The van der Waals surface area contributed by atoms with Crippen molar-refractivity contribution in [2.45, 2.75) is 13.5 Å². The summed E-state index contributed by atoms with van der Waals surface area (Å²) in [6.07, 6.45) is 4.31. The fraction of sp³-hybridized carbons (Fsp3) is 0.200. The Morgan fingerprint density at radius 2 is 2.44 bits per heavy atom. The van der Waals surface area contributed by atoms with E-state index >= 15 is 0 Å². The quantitative estimate of drug-likeness (QED) is 0.630. The first-order valence-corrected chi connectivity index (χ1v) is 5.26. The topological polar surface area (TPSA) is 106 Å². The van der Waals surface area contributed by atoms with Gasteiger partial charge in [0, 0.05) is 18.8 Å². The number of H-pyrrole nitrogens is 1. The molecule has 2 rings (SSSR count). The summed E-state index contributed by atoms with van der Waals surface area (Å²) in [5, 5.41) is 19.5. The maximum Gasteiger partial charge on any atom is 0.287 e. The summed E-state index contributed by atoms with van der Waals surface area (Å²) >= 11 is 0. The van der Waals surface area contributed by atoms with Gasteiger partial charge in [-0.2, -0.15) is 5.10 Å². The predicted octanol–water partition coefficient (Wildman–Crippen LogP) is 1.39. The normalized spacial score (nSPS) is 10.3. The molecule has 18 heavy (non-hydrogen) atoms. The van der Waals surface area contributed by atoms with Crippen molar-refractivity contribution in [1.82, 2.24) is 14.8 Å². The summed E-state index contributed by atoms with van der Waals surface area (Å²) in [5.41, 5.74) is 0.645. The standard InChI is InChI=1S/C10H11N5O3/c1-2-14-6-8(15(17)18)3-9(14)10(16)13-7-4-11-12-5-7/h3-6H,2H2,1H3,(H,11,12)(H,13,16). The Labute approximate surface area is 102 Å². The number of anilines is 1. The number of nitrogens with one attached hydrogen (secondary N) is 2. The average molecular weight is 249 g/mol. The number of aromatic amines is 1. The van der Waals surface area contributed by atoms with Crippen LogP contribution < -0.4 is 5.32 Å². The summed E-state index contributed by atoms with van der Waals surface area (Å²) < 4.78 is 1.52. The van der Waals surface area contributed by atoms with Crippen molar-refractivity contribution in [1.29, 1.82) is 0 Å². The molecule has 2 aromatic rings. The van der Waals surface area contributed by atoms with Crippen molar-refractivity contribution in [3.63, 3.8) is 0 Å². The first-order chi connectivity index (χ1) is 8.61. The monoisotopic (exact) mass is 249 g/mol. The van der Waals surface area contributed by atoms with Crippen LogP contribution in [0, 0.1) is 10.1 Å². The van der Waals surface area contributed by atoms with E-state index in [4.69, 9.17) is 0 Å². The summed E-state index contributed by atoms with van der Waals surface area (Å²) in [6.45, 7) is 2.28. The van der Waals surface area contributed by atoms with E-state index in [9.17, 15) is 14.9 Å². The second-order valence-electron chi connectivity index (χ2n) is 3.57. The van der Waals surface area contributed by atoms with Gasteiger partial charge in [-0.3, -0.25) is 20.0 Å². The second-order valence-corrected chi connectivity index (χ2v) is 3.57. The summed E-state index contributed by atoms with van der Waals surface area (Å²) in [6, 6.07) is 1.25. The van der Waals surface area contributed by atoms with Crippen LogP contribution in [-0.4, -0.2) is 25.6 Å². The third kappa shape index (κ3) is 2.21. The maximum absolute atomic E-state index is 11.9.